The van der Waals surface area contributed by atoms with Crippen molar-refractivity contribution in [2.75, 3.05) is 17.6 Å². The molecule has 3 nitrogen and oxygen atoms in total. The van der Waals surface area contributed by atoms with Crippen molar-refractivity contribution in [3.63, 3.8) is 0 Å². The monoisotopic (exact) mass is 382 g/mol. The van der Waals surface area contributed by atoms with Crippen molar-refractivity contribution < 1.29 is 14.2 Å². The Bertz CT molecular complexity index is 237. The molecule has 0 radical (unpaired) electrons. The highest BCUT2D eigenvalue weighted by molar-refractivity contribution is 14.1. The minimum absolute atomic E-state index is 0.0253. The molecule has 4 heteroatoms. The van der Waals surface area contributed by atoms with E-state index in [-0.39, 0.29) is 18.5 Å². The Morgan fingerprint density at radius 1 is 0.895 bits per heavy atom. The Balaban J connectivity index is 1.50. The molecule has 0 aliphatic carbocycles. The standard InChI is InChI=1S/C15H27IO3/c16-10-6-4-2-1-3-5-9-15-18-12-14-13(19-15)8-7-11-17-14/h13-15H,1-12H2/t13-,14+,15+/m0/s1. The molecule has 0 aromatic heterocycles. The largest absolute Gasteiger partial charge is 0.373 e. The second kappa shape index (κ2) is 9.53. The molecule has 0 spiro atoms. The molecule has 2 rings (SSSR count). The van der Waals surface area contributed by atoms with Crippen molar-refractivity contribution in [3.8, 4) is 0 Å². The second-order valence-corrected chi connectivity index (χ2v) is 6.67. The third kappa shape index (κ3) is 5.86. The fourth-order valence-electron chi connectivity index (χ4n) is 2.82. The Morgan fingerprint density at radius 3 is 2.53 bits per heavy atom. The molecule has 2 saturated heterocycles. The zero-order chi connectivity index (χ0) is 13.3. The highest BCUT2D eigenvalue weighted by Crippen LogP contribution is 2.26. The summed E-state index contributed by atoms with van der Waals surface area (Å²) >= 11 is 2.46. The lowest BCUT2D eigenvalue weighted by atomic mass is 10.0. The topological polar surface area (TPSA) is 27.7 Å². The van der Waals surface area contributed by atoms with Gasteiger partial charge >= 0.3 is 0 Å². The van der Waals surface area contributed by atoms with Gasteiger partial charge in [-0.15, -0.1) is 0 Å². The predicted octanol–water partition coefficient (Wildman–Crippen LogP) is 4.07. The molecule has 2 aliphatic rings. The van der Waals surface area contributed by atoms with Gasteiger partial charge in [0.1, 0.15) is 6.10 Å². The van der Waals surface area contributed by atoms with Crippen LogP contribution >= 0.6 is 22.6 Å². The molecule has 2 heterocycles. The summed E-state index contributed by atoms with van der Waals surface area (Å²) in [5, 5.41) is 0. The van der Waals surface area contributed by atoms with Crippen molar-refractivity contribution >= 4 is 22.6 Å². The SMILES string of the molecule is ICCCCCCCC[C@@H]1OC[C@H]2OCCC[C@@H]2O1. The first kappa shape index (κ1) is 16.0. The average molecular weight is 382 g/mol. The molecule has 0 N–H and O–H groups in total. The maximum absolute atomic E-state index is 5.99. The summed E-state index contributed by atoms with van der Waals surface area (Å²) in [6.45, 7) is 1.60. The molecule has 112 valence electrons. The number of rotatable bonds is 8. The van der Waals surface area contributed by atoms with E-state index < -0.39 is 0 Å². The molecule has 0 unspecified atom stereocenters. The van der Waals surface area contributed by atoms with E-state index in [2.05, 4.69) is 22.6 Å². The van der Waals surface area contributed by atoms with Gasteiger partial charge in [0.2, 0.25) is 0 Å². The third-order valence-electron chi connectivity index (χ3n) is 3.98. The molecule has 0 bridgehead atoms. The number of ether oxygens (including phenoxy) is 3. The van der Waals surface area contributed by atoms with E-state index in [1.54, 1.807) is 0 Å². The minimum Gasteiger partial charge on any atom is -0.373 e. The molecule has 2 fully saturated rings. The van der Waals surface area contributed by atoms with Crippen LogP contribution in [-0.4, -0.2) is 36.1 Å². The van der Waals surface area contributed by atoms with Crippen LogP contribution < -0.4 is 0 Å². The summed E-state index contributed by atoms with van der Waals surface area (Å²) in [7, 11) is 0. The molecule has 19 heavy (non-hydrogen) atoms. The summed E-state index contributed by atoms with van der Waals surface area (Å²) < 4.78 is 18.7. The van der Waals surface area contributed by atoms with Crippen LogP contribution in [0.4, 0.5) is 0 Å². The Morgan fingerprint density at radius 2 is 1.68 bits per heavy atom. The van der Waals surface area contributed by atoms with Gasteiger partial charge in [0.15, 0.2) is 6.29 Å². The molecule has 2 aliphatic heterocycles. The smallest absolute Gasteiger partial charge is 0.158 e. The first-order valence-electron chi connectivity index (χ1n) is 7.85. The van der Waals surface area contributed by atoms with Gasteiger partial charge in [0.05, 0.1) is 12.7 Å². The highest BCUT2D eigenvalue weighted by Gasteiger charge is 2.34. The number of alkyl halides is 1. The fourth-order valence-corrected chi connectivity index (χ4v) is 3.36. The van der Waals surface area contributed by atoms with E-state index in [1.807, 2.05) is 0 Å². The lowest BCUT2D eigenvalue weighted by molar-refractivity contribution is -0.274. The maximum atomic E-state index is 5.99. The number of fused-ring (bicyclic) bond motifs is 1. The normalized spacial score (nSPS) is 31.1. The van der Waals surface area contributed by atoms with Crippen molar-refractivity contribution in [1.82, 2.24) is 0 Å². The van der Waals surface area contributed by atoms with E-state index in [9.17, 15) is 0 Å². The van der Waals surface area contributed by atoms with E-state index in [0.29, 0.717) is 0 Å². The van der Waals surface area contributed by atoms with Gasteiger partial charge in [-0.2, -0.15) is 0 Å². The van der Waals surface area contributed by atoms with Crippen LogP contribution in [0.15, 0.2) is 0 Å². The number of hydrogen-bond donors (Lipinski definition) is 0. The number of hydrogen-bond acceptors (Lipinski definition) is 3. The number of halogens is 1. The van der Waals surface area contributed by atoms with Crippen molar-refractivity contribution in [3.05, 3.63) is 0 Å². The zero-order valence-corrected chi connectivity index (χ0v) is 14.0. The van der Waals surface area contributed by atoms with Gasteiger partial charge in [-0.1, -0.05) is 48.3 Å². The fraction of sp³-hybridized carbons (Fsp3) is 1.00. The maximum Gasteiger partial charge on any atom is 0.158 e. The Hall–Kier alpha value is 0.610. The van der Waals surface area contributed by atoms with Gasteiger partial charge in [0, 0.05) is 6.61 Å². The van der Waals surface area contributed by atoms with Gasteiger partial charge in [-0.25, -0.2) is 0 Å². The van der Waals surface area contributed by atoms with Gasteiger partial charge in [-0.05, 0) is 36.5 Å². The first-order valence-corrected chi connectivity index (χ1v) is 9.37. The minimum atomic E-state index is 0.0253. The quantitative estimate of drug-likeness (QED) is 0.360. The third-order valence-corrected chi connectivity index (χ3v) is 4.74. The van der Waals surface area contributed by atoms with Crippen molar-refractivity contribution in [2.24, 2.45) is 0 Å². The zero-order valence-electron chi connectivity index (χ0n) is 11.8. The Kier molecular flexibility index (Phi) is 8.02. The van der Waals surface area contributed by atoms with Gasteiger partial charge < -0.3 is 14.2 Å². The van der Waals surface area contributed by atoms with Crippen LogP contribution in [0, 0.1) is 0 Å². The summed E-state index contributed by atoms with van der Waals surface area (Å²) in [5.41, 5.74) is 0. The molecule has 0 aromatic rings. The van der Waals surface area contributed by atoms with E-state index in [4.69, 9.17) is 14.2 Å². The van der Waals surface area contributed by atoms with E-state index in [0.717, 1.165) is 32.5 Å². The van der Waals surface area contributed by atoms with Crippen LogP contribution in [0.1, 0.15) is 57.8 Å². The summed E-state index contributed by atoms with van der Waals surface area (Å²) in [4.78, 5) is 0. The average Bonchev–Trinajstić information content (AvgIpc) is 2.46. The van der Waals surface area contributed by atoms with Crippen molar-refractivity contribution in [1.29, 1.82) is 0 Å². The van der Waals surface area contributed by atoms with Crippen LogP contribution in [-0.2, 0) is 14.2 Å². The van der Waals surface area contributed by atoms with Crippen molar-refractivity contribution in [2.45, 2.75) is 76.3 Å². The van der Waals surface area contributed by atoms with E-state index >= 15 is 0 Å². The van der Waals surface area contributed by atoms with E-state index in [1.165, 1.54) is 43.0 Å². The lowest BCUT2D eigenvalue weighted by Gasteiger charge is -2.39. The summed E-state index contributed by atoms with van der Waals surface area (Å²) in [5.74, 6) is 0. The van der Waals surface area contributed by atoms with Gasteiger partial charge in [0.25, 0.3) is 0 Å². The second-order valence-electron chi connectivity index (χ2n) is 5.59. The highest BCUT2D eigenvalue weighted by atomic mass is 127. The van der Waals surface area contributed by atoms with Crippen LogP contribution in [0.5, 0.6) is 0 Å². The molecule has 0 amide bonds. The molecule has 0 saturated carbocycles. The van der Waals surface area contributed by atoms with Gasteiger partial charge in [-0.3, -0.25) is 0 Å². The summed E-state index contributed by atoms with van der Waals surface area (Å²) in [6.07, 6.45) is 11.9. The van der Waals surface area contributed by atoms with Crippen LogP contribution in [0.3, 0.4) is 0 Å². The molecule has 3 atom stereocenters. The number of unbranched alkanes of at least 4 members (excludes halogenated alkanes) is 5. The lowest BCUT2D eigenvalue weighted by Crippen LogP contribution is -2.47. The van der Waals surface area contributed by atoms with Crippen LogP contribution in [0.2, 0.25) is 0 Å². The molecule has 0 aromatic carbocycles. The first-order chi connectivity index (χ1) is 9.40. The Labute approximate surface area is 130 Å². The van der Waals surface area contributed by atoms with Crippen LogP contribution in [0.25, 0.3) is 0 Å². The molecular weight excluding hydrogens is 355 g/mol. The predicted molar refractivity (Wildman–Crippen MR) is 84.8 cm³/mol. The summed E-state index contributed by atoms with van der Waals surface area (Å²) in [6, 6.07) is 0. The molecular formula is C15H27IO3.